The smallest absolute Gasteiger partial charge is 0.270 e. The van der Waals surface area contributed by atoms with Crippen LogP contribution in [0.2, 0.25) is 0 Å². The van der Waals surface area contributed by atoms with Crippen LogP contribution >= 0.6 is 0 Å². The van der Waals surface area contributed by atoms with Crippen LogP contribution in [0.5, 0.6) is 0 Å². The molecule has 5 aromatic rings. The van der Waals surface area contributed by atoms with Crippen LogP contribution in [0.3, 0.4) is 0 Å². The lowest BCUT2D eigenvalue weighted by atomic mass is 9.98. The SMILES string of the molecule is Cc1ccc(-n2nc(-c3ccc(F)cc3)cc2C(=O)NC(c2ccccc2)c2ccccc2)c(C)c1. The summed E-state index contributed by atoms with van der Waals surface area (Å²) in [6, 6.07) is 33.4. The Morgan fingerprint density at radius 1 is 0.806 bits per heavy atom. The number of halogens is 1. The minimum atomic E-state index is -0.336. The molecule has 4 aromatic carbocycles. The monoisotopic (exact) mass is 475 g/mol. The highest BCUT2D eigenvalue weighted by Gasteiger charge is 2.23. The first-order chi connectivity index (χ1) is 17.5. The summed E-state index contributed by atoms with van der Waals surface area (Å²) < 4.78 is 15.2. The van der Waals surface area contributed by atoms with Gasteiger partial charge >= 0.3 is 0 Å². The molecule has 36 heavy (non-hydrogen) atoms. The molecule has 5 heteroatoms. The minimum Gasteiger partial charge on any atom is -0.340 e. The third kappa shape index (κ3) is 4.82. The zero-order valence-corrected chi connectivity index (χ0v) is 20.2. The molecular weight excluding hydrogens is 449 g/mol. The van der Waals surface area contributed by atoms with Crippen LogP contribution in [-0.4, -0.2) is 15.7 Å². The van der Waals surface area contributed by atoms with Crippen LogP contribution in [0.15, 0.2) is 109 Å². The number of amides is 1. The molecule has 0 radical (unpaired) electrons. The highest BCUT2D eigenvalue weighted by Crippen LogP contribution is 2.26. The molecule has 0 unspecified atom stereocenters. The molecule has 1 heterocycles. The summed E-state index contributed by atoms with van der Waals surface area (Å²) in [6.07, 6.45) is 0. The van der Waals surface area contributed by atoms with E-state index in [0.29, 0.717) is 11.4 Å². The number of hydrogen-bond donors (Lipinski definition) is 1. The Kier molecular flexibility index (Phi) is 6.46. The highest BCUT2D eigenvalue weighted by molar-refractivity contribution is 5.95. The molecule has 0 bridgehead atoms. The number of benzene rings is 4. The molecule has 0 aliphatic heterocycles. The standard InChI is InChI=1S/C31H26FN3O/c1-21-13-18-28(22(2)19-21)35-29(20-27(34-35)23-14-16-26(32)17-15-23)31(36)33-30(24-9-5-3-6-10-24)25-11-7-4-8-12-25/h3-20,30H,1-2H3,(H,33,36). The summed E-state index contributed by atoms with van der Waals surface area (Å²) in [6.45, 7) is 4.03. The number of rotatable bonds is 6. The van der Waals surface area contributed by atoms with Gasteiger partial charge < -0.3 is 5.32 Å². The molecule has 0 saturated carbocycles. The third-order valence-electron chi connectivity index (χ3n) is 6.20. The van der Waals surface area contributed by atoms with Gasteiger partial charge in [-0.3, -0.25) is 4.79 Å². The van der Waals surface area contributed by atoms with E-state index in [4.69, 9.17) is 5.10 Å². The van der Waals surface area contributed by atoms with E-state index in [1.165, 1.54) is 12.1 Å². The fraction of sp³-hybridized carbons (Fsp3) is 0.0968. The number of carbonyl (C=O) groups is 1. The summed E-state index contributed by atoms with van der Waals surface area (Å²) in [4.78, 5) is 13.8. The fourth-order valence-corrected chi connectivity index (χ4v) is 4.39. The van der Waals surface area contributed by atoms with Crippen molar-refractivity contribution in [1.82, 2.24) is 15.1 Å². The molecule has 0 spiro atoms. The average Bonchev–Trinajstić information content (AvgIpc) is 3.34. The maximum atomic E-state index is 13.8. The summed E-state index contributed by atoms with van der Waals surface area (Å²) in [5.74, 6) is -0.576. The molecule has 178 valence electrons. The van der Waals surface area contributed by atoms with E-state index < -0.39 is 0 Å². The second kappa shape index (κ2) is 10.0. The molecule has 1 amide bonds. The predicted molar refractivity (Wildman–Crippen MR) is 141 cm³/mol. The Morgan fingerprint density at radius 2 is 1.42 bits per heavy atom. The van der Waals surface area contributed by atoms with Gasteiger partial charge in [-0.25, -0.2) is 9.07 Å². The van der Waals surface area contributed by atoms with Gasteiger partial charge in [0.2, 0.25) is 0 Å². The van der Waals surface area contributed by atoms with Crippen LogP contribution in [0.1, 0.15) is 38.8 Å². The predicted octanol–water partition coefficient (Wildman–Crippen LogP) is 6.81. The number of aryl methyl sites for hydroxylation is 2. The van der Waals surface area contributed by atoms with Gasteiger partial charge in [0.1, 0.15) is 11.5 Å². The van der Waals surface area contributed by atoms with E-state index in [-0.39, 0.29) is 17.8 Å². The number of aromatic nitrogens is 2. The molecular formula is C31H26FN3O. The maximum absolute atomic E-state index is 13.8. The second-order valence-corrected chi connectivity index (χ2v) is 8.85. The van der Waals surface area contributed by atoms with Gasteiger partial charge in [0.05, 0.1) is 17.4 Å². The fourth-order valence-electron chi connectivity index (χ4n) is 4.39. The van der Waals surface area contributed by atoms with Crippen molar-refractivity contribution < 1.29 is 9.18 Å². The van der Waals surface area contributed by atoms with Crippen molar-refractivity contribution in [3.63, 3.8) is 0 Å². The van der Waals surface area contributed by atoms with Gasteiger partial charge in [0.15, 0.2) is 0 Å². The van der Waals surface area contributed by atoms with Crippen molar-refractivity contribution >= 4 is 5.91 Å². The van der Waals surface area contributed by atoms with Crippen molar-refractivity contribution in [1.29, 1.82) is 0 Å². The maximum Gasteiger partial charge on any atom is 0.270 e. The molecule has 5 rings (SSSR count). The molecule has 0 saturated heterocycles. The normalized spacial score (nSPS) is 11.0. The van der Waals surface area contributed by atoms with Gasteiger partial charge in [0.25, 0.3) is 5.91 Å². The third-order valence-corrected chi connectivity index (χ3v) is 6.20. The molecule has 0 fully saturated rings. The first-order valence-corrected chi connectivity index (χ1v) is 11.8. The van der Waals surface area contributed by atoms with Crippen molar-refractivity contribution in [3.8, 4) is 16.9 Å². The molecule has 0 aliphatic carbocycles. The first kappa shape index (κ1) is 23.2. The van der Waals surface area contributed by atoms with Crippen LogP contribution in [0.25, 0.3) is 16.9 Å². The van der Waals surface area contributed by atoms with Crippen molar-refractivity contribution in [2.75, 3.05) is 0 Å². The van der Waals surface area contributed by atoms with Gasteiger partial charge in [-0.1, -0.05) is 78.4 Å². The number of hydrogen-bond acceptors (Lipinski definition) is 2. The summed E-state index contributed by atoms with van der Waals surface area (Å²) in [5.41, 5.74) is 6.63. The van der Waals surface area contributed by atoms with E-state index in [1.54, 1.807) is 22.9 Å². The Balaban J connectivity index is 1.59. The quantitative estimate of drug-likeness (QED) is 0.293. The van der Waals surface area contributed by atoms with Crippen molar-refractivity contribution in [3.05, 3.63) is 143 Å². The van der Waals surface area contributed by atoms with Crippen LogP contribution in [0.4, 0.5) is 4.39 Å². The lowest BCUT2D eigenvalue weighted by Crippen LogP contribution is -2.31. The van der Waals surface area contributed by atoms with Crippen molar-refractivity contribution in [2.24, 2.45) is 0 Å². The Morgan fingerprint density at radius 3 is 2.00 bits per heavy atom. The zero-order chi connectivity index (χ0) is 25.1. The first-order valence-electron chi connectivity index (χ1n) is 11.8. The highest BCUT2D eigenvalue weighted by atomic mass is 19.1. The Bertz CT molecular complexity index is 1450. The van der Waals surface area contributed by atoms with Crippen LogP contribution in [-0.2, 0) is 0 Å². The lowest BCUT2D eigenvalue weighted by molar-refractivity contribution is 0.0935. The van der Waals surface area contributed by atoms with Gasteiger partial charge in [0, 0.05) is 5.56 Å². The van der Waals surface area contributed by atoms with E-state index in [1.807, 2.05) is 86.6 Å². The van der Waals surface area contributed by atoms with E-state index in [9.17, 15) is 9.18 Å². The van der Waals surface area contributed by atoms with Gasteiger partial charge in [-0.15, -0.1) is 0 Å². The topological polar surface area (TPSA) is 46.9 Å². The second-order valence-electron chi connectivity index (χ2n) is 8.85. The van der Waals surface area contributed by atoms with Gasteiger partial charge in [-0.2, -0.15) is 5.10 Å². The Labute approximate surface area is 210 Å². The van der Waals surface area contributed by atoms with Crippen LogP contribution in [0, 0.1) is 19.7 Å². The zero-order valence-electron chi connectivity index (χ0n) is 20.2. The molecule has 4 nitrogen and oxygen atoms in total. The van der Waals surface area contributed by atoms with Crippen molar-refractivity contribution in [2.45, 2.75) is 19.9 Å². The van der Waals surface area contributed by atoms with E-state index in [0.717, 1.165) is 33.5 Å². The summed E-state index contributed by atoms with van der Waals surface area (Å²) in [7, 11) is 0. The molecule has 0 atom stereocenters. The molecule has 1 aromatic heterocycles. The summed E-state index contributed by atoms with van der Waals surface area (Å²) in [5, 5.41) is 8.00. The molecule has 1 N–H and O–H groups in total. The average molecular weight is 476 g/mol. The minimum absolute atomic E-state index is 0.256. The number of carbonyl (C=O) groups excluding carboxylic acids is 1. The lowest BCUT2D eigenvalue weighted by Gasteiger charge is -2.20. The van der Waals surface area contributed by atoms with Gasteiger partial charge in [-0.05, 0) is 66.9 Å². The summed E-state index contributed by atoms with van der Waals surface area (Å²) >= 11 is 0. The number of nitrogens with one attached hydrogen (secondary N) is 1. The largest absolute Gasteiger partial charge is 0.340 e. The van der Waals surface area contributed by atoms with E-state index in [2.05, 4.69) is 11.4 Å². The number of nitrogens with zero attached hydrogens (tertiary/aromatic N) is 2. The van der Waals surface area contributed by atoms with Crippen LogP contribution < -0.4 is 5.32 Å². The molecule has 0 aliphatic rings. The van der Waals surface area contributed by atoms with E-state index >= 15 is 0 Å². The Hall–Kier alpha value is -4.51.